The summed E-state index contributed by atoms with van der Waals surface area (Å²) in [5.41, 5.74) is 1.02. The van der Waals surface area contributed by atoms with Gasteiger partial charge >= 0.3 is 0 Å². The van der Waals surface area contributed by atoms with Gasteiger partial charge in [-0.1, -0.05) is 36.2 Å². The minimum Gasteiger partial charge on any atom is -0.493 e. The fraction of sp³-hybridized carbons (Fsp3) is 0.400. The number of nitrogens with zero attached hydrogens (tertiary/aromatic N) is 3. The predicted molar refractivity (Wildman–Crippen MR) is 137 cm³/mol. The number of amides is 1. The molecule has 0 radical (unpaired) electrons. The zero-order valence-corrected chi connectivity index (χ0v) is 21.9. The number of halogens is 2. The van der Waals surface area contributed by atoms with Gasteiger partial charge in [-0.2, -0.15) is 0 Å². The molecule has 1 N–H and O–H groups in total. The van der Waals surface area contributed by atoms with E-state index in [-0.39, 0.29) is 11.7 Å². The molecule has 0 bridgehead atoms. The van der Waals surface area contributed by atoms with Gasteiger partial charge in [0.1, 0.15) is 18.0 Å². The predicted octanol–water partition coefficient (Wildman–Crippen LogP) is 6.34. The molecule has 0 atom stereocenters. The zero-order chi connectivity index (χ0) is 25.1. The van der Waals surface area contributed by atoms with Crippen molar-refractivity contribution >= 4 is 44.2 Å². The number of aromatic nitrogens is 2. The molecule has 0 fully saturated rings. The van der Waals surface area contributed by atoms with Crippen LogP contribution >= 0.6 is 15.9 Å². The number of carbonyl (C=O) groups is 1. The van der Waals surface area contributed by atoms with Crippen LogP contribution in [0.15, 0.2) is 41.1 Å². The van der Waals surface area contributed by atoms with Crippen LogP contribution in [-0.4, -0.2) is 48.6 Å². The lowest BCUT2D eigenvalue weighted by molar-refractivity contribution is -0.128. The van der Waals surface area contributed by atoms with E-state index in [4.69, 9.17) is 9.47 Å². The maximum atomic E-state index is 14.1. The summed E-state index contributed by atoms with van der Waals surface area (Å²) in [6, 6.07) is 8.41. The van der Waals surface area contributed by atoms with Gasteiger partial charge in [-0.25, -0.2) is 14.4 Å². The largest absolute Gasteiger partial charge is 0.493 e. The maximum Gasteiger partial charge on any atom is 0.222 e. The number of unbranched alkanes of at least 4 members (excludes halogenated alkanes) is 1. The minimum absolute atomic E-state index is 0.215. The van der Waals surface area contributed by atoms with Gasteiger partial charge in [0, 0.05) is 36.4 Å². The lowest BCUT2D eigenvalue weighted by Crippen LogP contribution is -2.20. The molecular formula is C25H32BrFN4O3. The van der Waals surface area contributed by atoms with Gasteiger partial charge < -0.3 is 19.7 Å². The Kier molecular flexibility index (Phi) is 11.0. The Bertz CT molecular complexity index is 1100. The van der Waals surface area contributed by atoms with Crippen molar-refractivity contribution in [1.82, 2.24) is 14.9 Å². The number of hydrogen-bond acceptors (Lipinski definition) is 6. The number of hydrogen-bond donors (Lipinski definition) is 1. The first-order valence-electron chi connectivity index (χ1n) is 11.2. The van der Waals surface area contributed by atoms with E-state index in [0.717, 1.165) is 24.6 Å². The molecule has 34 heavy (non-hydrogen) atoms. The molecular weight excluding hydrogens is 503 g/mol. The third-order valence-electron chi connectivity index (χ3n) is 4.82. The fourth-order valence-corrected chi connectivity index (χ4v) is 3.25. The van der Waals surface area contributed by atoms with Crippen molar-refractivity contribution in [1.29, 1.82) is 0 Å². The fourth-order valence-electron chi connectivity index (χ4n) is 2.92. The van der Waals surface area contributed by atoms with Crippen LogP contribution in [0.4, 0.5) is 15.9 Å². The summed E-state index contributed by atoms with van der Waals surface area (Å²) in [4.78, 5) is 20.8. The number of rotatable bonds is 9. The topological polar surface area (TPSA) is 76.6 Å². The second kappa shape index (κ2) is 13.7. The Labute approximate surface area is 208 Å². The van der Waals surface area contributed by atoms with E-state index in [9.17, 15) is 9.18 Å². The lowest BCUT2D eigenvalue weighted by atomic mass is 10.2. The van der Waals surface area contributed by atoms with E-state index < -0.39 is 0 Å². The molecule has 184 valence electrons. The first kappa shape index (κ1) is 27.3. The molecule has 9 heteroatoms. The van der Waals surface area contributed by atoms with E-state index in [1.807, 2.05) is 13.0 Å². The Morgan fingerprint density at radius 1 is 1.12 bits per heavy atom. The molecule has 3 rings (SSSR count). The highest BCUT2D eigenvalue weighted by Crippen LogP contribution is 2.35. The van der Waals surface area contributed by atoms with E-state index in [0.29, 0.717) is 46.0 Å². The van der Waals surface area contributed by atoms with Crippen molar-refractivity contribution in [3.63, 3.8) is 0 Å². The molecule has 1 amide bonds. The summed E-state index contributed by atoms with van der Waals surface area (Å²) in [5, 5.41) is 3.74. The Hall–Kier alpha value is -2.94. The molecule has 1 heterocycles. The molecule has 0 spiro atoms. The quantitative estimate of drug-likeness (QED) is 0.323. The highest BCUT2D eigenvalue weighted by atomic mass is 79.9. The van der Waals surface area contributed by atoms with Crippen LogP contribution in [-0.2, 0) is 4.79 Å². The second-order valence-corrected chi connectivity index (χ2v) is 8.65. The average Bonchev–Trinajstić information content (AvgIpc) is 2.81. The van der Waals surface area contributed by atoms with E-state index in [1.54, 1.807) is 44.3 Å². The van der Waals surface area contributed by atoms with Gasteiger partial charge in [-0.3, -0.25) is 4.79 Å². The first-order valence-corrected chi connectivity index (χ1v) is 12.0. The average molecular weight is 535 g/mol. The van der Waals surface area contributed by atoms with E-state index in [1.165, 1.54) is 12.4 Å². The van der Waals surface area contributed by atoms with Crippen molar-refractivity contribution in [3.8, 4) is 11.5 Å². The molecule has 3 aromatic rings. The van der Waals surface area contributed by atoms with Gasteiger partial charge in [-0.15, -0.1) is 0 Å². The van der Waals surface area contributed by atoms with Crippen molar-refractivity contribution in [2.75, 3.05) is 33.1 Å². The molecule has 2 aromatic carbocycles. The normalized spacial score (nSPS) is 10.3. The highest BCUT2D eigenvalue weighted by molar-refractivity contribution is 9.10. The van der Waals surface area contributed by atoms with Crippen molar-refractivity contribution < 1.29 is 18.7 Å². The van der Waals surface area contributed by atoms with Crippen LogP contribution in [0.2, 0.25) is 0 Å². The van der Waals surface area contributed by atoms with Gasteiger partial charge in [-0.05, 0) is 37.1 Å². The Balaban J connectivity index is 0.000000440. The number of benzene rings is 2. The molecule has 0 aliphatic heterocycles. The molecule has 0 aliphatic rings. The van der Waals surface area contributed by atoms with Crippen LogP contribution in [0.1, 0.15) is 39.5 Å². The van der Waals surface area contributed by atoms with Crippen LogP contribution in [0.5, 0.6) is 11.5 Å². The van der Waals surface area contributed by atoms with Gasteiger partial charge in [0.25, 0.3) is 0 Å². The third-order valence-corrected chi connectivity index (χ3v) is 5.32. The van der Waals surface area contributed by atoms with Crippen LogP contribution < -0.4 is 14.8 Å². The SMILES string of the molecule is CCCC(=O)N(C)C.CCCCOc1cc2ncnc(Nc3ccc(Br)cc3F)c2cc1OC. The Morgan fingerprint density at radius 3 is 2.47 bits per heavy atom. The van der Waals surface area contributed by atoms with E-state index in [2.05, 4.69) is 38.1 Å². The summed E-state index contributed by atoms with van der Waals surface area (Å²) in [7, 11) is 5.13. The van der Waals surface area contributed by atoms with Crippen LogP contribution in [0.3, 0.4) is 0 Å². The number of methoxy groups -OCH3 is 1. The van der Waals surface area contributed by atoms with Crippen molar-refractivity contribution in [2.24, 2.45) is 0 Å². The number of anilines is 2. The standard InChI is InChI=1S/C19H19BrFN3O2.C6H13NO/c1-3-4-7-26-18-10-16-13(9-17(18)25-2)19(23-11-22-16)24-15-6-5-12(20)8-14(15)21;1-4-5-6(8)7(2)3/h5-6,8-11H,3-4,7H2,1-2H3,(H,22,23,24);4-5H2,1-3H3. The van der Waals surface area contributed by atoms with Gasteiger partial charge in [0.2, 0.25) is 5.91 Å². The van der Waals surface area contributed by atoms with Crippen LogP contribution in [0, 0.1) is 5.82 Å². The summed E-state index contributed by atoms with van der Waals surface area (Å²) in [5.74, 6) is 1.55. The molecule has 1 aromatic heterocycles. The van der Waals surface area contributed by atoms with Crippen LogP contribution in [0.25, 0.3) is 10.9 Å². The summed E-state index contributed by atoms with van der Waals surface area (Å²) in [6.45, 7) is 4.72. The summed E-state index contributed by atoms with van der Waals surface area (Å²) in [6.07, 6.45) is 5.05. The van der Waals surface area contributed by atoms with Gasteiger partial charge in [0.15, 0.2) is 11.5 Å². The third kappa shape index (κ3) is 7.83. The highest BCUT2D eigenvalue weighted by Gasteiger charge is 2.13. The van der Waals surface area contributed by atoms with Crippen molar-refractivity contribution in [3.05, 3.63) is 46.9 Å². The Morgan fingerprint density at radius 2 is 1.88 bits per heavy atom. The minimum atomic E-state index is -0.377. The number of ether oxygens (including phenoxy) is 2. The smallest absolute Gasteiger partial charge is 0.222 e. The zero-order valence-electron chi connectivity index (χ0n) is 20.3. The van der Waals surface area contributed by atoms with Gasteiger partial charge in [0.05, 0.1) is 24.9 Å². The molecule has 0 aliphatic carbocycles. The maximum absolute atomic E-state index is 14.1. The molecule has 0 saturated heterocycles. The molecule has 0 unspecified atom stereocenters. The second-order valence-electron chi connectivity index (χ2n) is 7.73. The number of carbonyl (C=O) groups excluding carboxylic acids is 1. The summed E-state index contributed by atoms with van der Waals surface area (Å²) >= 11 is 3.25. The lowest BCUT2D eigenvalue weighted by Gasteiger charge is -2.14. The summed E-state index contributed by atoms with van der Waals surface area (Å²) < 4.78 is 26.0. The van der Waals surface area contributed by atoms with E-state index >= 15 is 0 Å². The number of fused-ring (bicyclic) bond motifs is 1. The first-order chi connectivity index (χ1) is 16.3. The van der Waals surface area contributed by atoms with Crippen molar-refractivity contribution in [2.45, 2.75) is 39.5 Å². The molecule has 7 nitrogen and oxygen atoms in total. The number of nitrogens with one attached hydrogen (secondary N) is 1. The monoisotopic (exact) mass is 534 g/mol. The molecule has 0 saturated carbocycles.